The van der Waals surface area contributed by atoms with Crippen molar-refractivity contribution in [3.8, 4) is 0 Å². The van der Waals surface area contributed by atoms with Crippen LogP contribution < -0.4 is 0 Å². The van der Waals surface area contributed by atoms with Crippen molar-refractivity contribution in [2.24, 2.45) is 0 Å². The lowest BCUT2D eigenvalue weighted by Gasteiger charge is -2.04. The molecule has 0 saturated carbocycles. The van der Waals surface area contributed by atoms with Crippen molar-refractivity contribution < 1.29 is 9.18 Å². The van der Waals surface area contributed by atoms with Gasteiger partial charge >= 0.3 is 0 Å². The van der Waals surface area contributed by atoms with Gasteiger partial charge in [0.1, 0.15) is 5.82 Å². The molecule has 0 radical (unpaired) electrons. The number of hydrogen-bond acceptors (Lipinski definition) is 1. The van der Waals surface area contributed by atoms with Gasteiger partial charge in [0.15, 0.2) is 5.78 Å². The number of rotatable bonds is 1. The smallest absolute Gasteiger partial charge is 0.161 e. The molecule has 0 aromatic heterocycles. The van der Waals surface area contributed by atoms with Crippen LogP contribution in [0.15, 0.2) is 16.6 Å². The fourth-order valence-corrected chi connectivity index (χ4v) is 1.80. The number of ketones is 1. The number of hydrogen-bond donors (Lipinski definition) is 0. The number of aryl methyl sites for hydroxylation is 1. The molecular formula is C9H8BrFO. The fraction of sp³-hybridized carbons (Fsp3) is 0.222. The Hall–Kier alpha value is -0.700. The highest BCUT2D eigenvalue weighted by molar-refractivity contribution is 9.10. The summed E-state index contributed by atoms with van der Waals surface area (Å²) in [5.74, 6) is -0.523. The Bertz CT molecular complexity index is 334. The summed E-state index contributed by atoms with van der Waals surface area (Å²) in [6, 6.07) is 2.93. The maximum absolute atomic E-state index is 12.9. The minimum atomic E-state index is -0.397. The summed E-state index contributed by atoms with van der Waals surface area (Å²) in [7, 11) is 0. The molecule has 0 amide bonds. The van der Waals surface area contributed by atoms with Gasteiger partial charge in [0.25, 0.3) is 0 Å². The molecule has 1 nitrogen and oxygen atoms in total. The van der Waals surface area contributed by atoms with Gasteiger partial charge in [0.05, 0.1) is 4.47 Å². The van der Waals surface area contributed by atoms with Gasteiger partial charge in [-0.15, -0.1) is 0 Å². The average Bonchev–Trinajstić information content (AvgIpc) is 1.97. The molecular weight excluding hydrogens is 223 g/mol. The lowest BCUT2D eigenvalue weighted by atomic mass is 10.1. The van der Waals surface area contributed by atoms with Crippen LogP contribution in [-0.2, 0) is 0 Å². The summed E-state index contributed by atoms with van der Waals surface area (Å²) in [6.45, 7) is 3.20. The molecule has 1 aromatic carbocycles. The molecule has 0 aliphatic carbocycles. The number of Topliss-reactive ketones (excluding diaryl/α,β-unsaturated/α-hetero) is 1. The fourth-order valence-electron chi connectivity index (χ4n) is 1.08. The Balaban J connectivity index is 3.43. The molecule has 0 aliphatic rings. The van der Waals surface area contributed by atoms with Crippen molar-refractivity contribution in [2.75, 3.05) is 0 Å². The molecule has 0 spiro atoms. The lowest BCUT2D eigenvalue weighted by Crippen LogP contribution is -1.99. The van der Waals surface area contributed by atoms with Crippen molar-refractivity contribution in [2.45, 2.75) is 13.8 Å². The Morgan fingerprint density at radius 1 is 1.50 bits per heavy atom. The van der Waals surface area contributed by atoms with Gasteiger partial charge in [-0.3, -0.25) is 4.79 Å². The van der Waals surface area contributed by atoms with Crippen LogP contribution in [0.3, 0.4) is 0 Å². The monoisotopic (exact) mass is 230 g/mol. The predicted molar refractivity (Wildman–Crippen MR) is 48.8 cm³/mol. The van der Waals surface area contributed by atoms with E-state index in [0.29, 0.717) is 5.56 Å². The van der Waals surface area contributed by atoms with E-state index in [9.17, 15) is 9.18 Å². The maximum Gasteiger partial charge on any atom is 0.161 e. The van der Waals surface area contributed by atoms with Gasteiger partial charge in [0.2, 0.25) is 0 Å². The zero-order chi connectivity index (χ0) is 9.30. The molecule has 1 rings (SSSR count). The van der Waals surface area contributed by atoms with Crippen molar-refractivity contribution in [1.82, 2.24) is 0 Å². The molecule has 0 saturated heterocycles. The summed E-state index contributed by atoms with van der Waals surface area (Å²) in [5, 5.41) is 0. The SMILES string of the molecule is CC(=O)c1c(C)ccc(F)c1Br. The molecule has 64 valence electrons. The zero-order valence-corrected chi connectivity index (χ0v) is 8.40. The van der Waals surface area contributed by atoms with Gasteiger partial charge in [0, 0.05) is 5.56 Å². The van der Waals surface area contributed by atoms with Gasteiger partial charge in [-0.1, -0.05) is 6.07 Å². The summed E-state index contributed by atoms with van der Waals surface area (Å²) in [5.41, 5.74) is 1.21. The van der Waals surface area contributed by atoms with Gasteiger partial charge in [-0.25, -0.2) is 4.39 Å². The minimum absolute atomic E-state index is 0.126. The van der Waals surface area contributed by atoms with Crippen LogP contribution >= 0.6 is 15.9 Å². The second kappa shape index (κ2) is 3.35. The molecule has 0 bridgehead atoms. The van der Waals surface area contributed by atoms with Crippen molar-refractivity contribution in [3.05, 3.63) is 33.5 Å². The van der Waals surface area contributed by atoms with Crippen LogP contribution in [0.5, 0.6) is 0 Å². The summed E-state index contributed by atoms with van der Waals surface area (Å²) in [6.07, 6.45) is 0. The summed E-state index contributed by atoms with van der Waals surface area (Å²) >= 11 is 3.04. The highest BCUT2D eigenvalue weighted by Crippen LogP contribution is 2.23. The van der Waals surface area contributed by atoms with E-state index in [1.54, 1.807) is 13.0 Å². The second-order valence-electron chi connectivity index (χ2n) is 2.61. The molecule has 0 fully saturated rings. The standard InChI is InChI=1S/C9H8BrFO/c1-5-3-4-7(11)9(10)8(5)6(2)12/h3-4H,1-2H3. The van der Waals surface area contributed by atoms with E-state index >= 15 is 0 Å². The second-order valence-corrected chi connectivity index (χ2v) is 3.40. The molecule has 3 heteroatoms. The van der Waals surface area contributed by atoms with Crippen molar-refractivity contribution >= 4 is 21.7 Å². The molecule has 12 heavy (non-hydrogen) atoms. The van der Waals surface area contributed by atoms with E-state index in [1.807, 2.05) is 0 Å². The van der Waals surface area contributed by atoms with Crippen LogP contribution in [0.2, 0.25) is 0 Å². The highest BCUT2D eigenvalue weighted by Gasteiger charge is 2.11. The normalized spacial score (nSPS) is 10.0. The van der Waals surface area contributed by atoms with Crippen LogP contribution in [0, 0.1) is 12.7 Å². The first-order valence-electron chi connectivity index (χ1n) is 3.49. The van der Waals surface area contributed by atoms with E-state index < -0.39 is 5.82 Å². The summed E-state index contributed by atoms with van der Waals surface area (Å²) < 4.78 is 13.2. The molecule has 0 aliphatic heterocycles. The first kappa shape index (κ1) is 9.39. The Morgan fingerprint density at radius 2 is 2.08 bits per heavy atom. The molecule has 0 N–H and O–H groups in total. The molecule has 0 heterocycles. The number of carbonyl (C=O) groups excluding carboxylic acids is 1. The van der Waals surface area contributed by atoms with Crippen LogP contribution in [-0.4, -0.2) is 5.78 Å². The molecule has 1 aromatic rings. The van der Waals surface area contributed by atoms with E-state index in [-0.39, 0.29) is 10.3 Å². The van der Waals surface area contributed by atoms with Crippen molar-refractivity contribution in [3.63, 3.8) is 0 Å². The number of benzene rings is 1. The van der Waals surface area contributed by atoms with Gasteiger partial charge < -0.3 is 0 Å². The quantitative estimate of drug-likeness (QED) is 0.678. The van der Waals surface area contributed by atoms with Gasteiger partial charge in [-0.05, 0) is 41.4 Å². The maximum atomic E-state index is 12.9. The zero-order valence-electron chi connectivity index (χ0n) is 6.82. The van der Waals surface area contributed by atoms with E-state index in [1.165, 1.54) is 13.0 Å². The van der Waals surface area contributed by atoms with E-state index in [0.717, 1.165) is 5.56 Å². The Labute approximate surface area is 78.7 Å². The third-order valence-corrected chi connectivity index (χ3v) is 2.43. The van der Waals surface area contributed by atoms with Gasteiger partial charge in [-0.2, -0.15) is 0 Å². The van der Waals surface area contributed by atoms with E-state index in [2.05, 4.69) is 15.9 Å². The summed E-state index contributed by atoms with van der Waals surface area (Å²) in [4.78, 5) is 11.0. The van der Waals surface area contributed by atoms with Crippen LogP contribution in [0.4, 0.5) is 4.39 Å². The Morgan fingerprint density at radius 3 is 2.50 bits per heavy atom. The first-order valence-corrected chi connectivity index (χ1v) is 4.29. The lowest BCUT2D eigenvalue weighted by molar-refractivity contribution is 0.101. The largest absolute Gasteiger partial charge is 0.294 e. The molecule has 0 unspecified atom stereocenters. The first-order chi connectivity index (χ1) is 5.54. The average molecular weight is 231 g/mol. The third kappa shape index (κ3) is 1.55. The van der Waals surface area contributed by atoms with E-state index in [4.69, 9.17) is 0 Å². The van der Waals surface area contributed by atoms with Crippen molar-refractivity contribution in [1.29, 1.82) is 0 Å². The predicted octanol–water partition coefficient (Wildman–Crippen LogP) is 3.10. The highest BCUT2D eigenvalue weighted by atomic mass is 79.9. The third-order valence-electron chi connectivity index (χ3n) is 1.66. The Kier molecular flexibility index (Phi) is 2.62. The molecule has 0 atom stereocenters. The minimum Gasteiger partial charge on any atom is -0.294 e. The van der Waals surface area contributed by atoms with Crippen LogP contribution in [0.1, 0.15) is 22.8 Å². The topological polar surface area (TPSA) is 17.1 Å². The number of halogens is 2. The van der Waals surface area contributed by atoms with Crippen LogP contribution in [0.25, 0.3) is 0 Å². The number of carbonyl (C=O) groups is 1.